The zero-order valence-electron chi connectivity index (χ0n) is 15.4. The summed E-state index contributed by atoms with van der Waals surface area (Å²) in [5.74, 6) is -0.875. The number of hydrogen-bond donors (Lipinski definition) is 1. The number of methoxy groups -OCH3 is 1. The van der Waals surface area contributed by atoms with E-state index in [-0.39, 0.29) is 22.8 Å². The van der Waals surface area contributed by atoms with Crippen molar-refractivity contribution in [2.75, 3.05) is 13.7 Å². The lowest BCUT2D eigenvalue weighted by Crippen LogP contribution is -2.36. The van der Waals surface area contributed by atoms with Crippen LogP contribution in [-0.4, -0.2) is 40.3 Å². The lowest BCUT2D eigenvalue weighted by Gasteiger charge is -2.27. The maximum atomic E-state index is 13.0. The van der Waals surface area contributed by atoms with Crippen LogP contribution in [0, 0.1) is 10.1 Å². The molecule has 148 valence electrons. The number of nitrogens with zero attached hydrogens (tertiary/aromatic N) is 2. The number of carbonyl (C=O) groups is 2. The molecule has 0 saturated carbocycles. The first-order valence-corrected chi connectivity index (χ1v) is 9.22. The standard InChI is InChI=1S/C20H16ClN3O5/c1-29-20(26)11-2-5-16-14(8-11)15-10-23(7-6-17(15)22-16)19(25)13-4-3-12(21)9-18(13)24(27)28/h2-5,8-9,22H,6-7,10H2,1H3. The molecule has 0 unspecified atom stereocenters. The molecule has 2 aromatic carbocycles. The molecular formula is C20H16ClN3O5. The monoisotopic (exact) mass is 413 g/mol. The van der Waals surface area contributed by atoms with Gasteiger partial charge in [0.2, 0.25) is 0 Å². The average Bonchev–Trinajstić information content (AvgIpc) is 3.09. The third-order valence-corrected chi connectivity index (χ3v) is 5.31. The summed E-state index contributed by atoms with van der Waals surface area (Å²) in [6.45, 7) is 0.695. The lowest BCUT2D eigenvalue weighted by atomic mass is 10.0. The second kappa shape index (κ2) is 7.21. The molecule has 1 aliphatic heterocycles. The molecule has 1 aliphatic rings. The third-order valence-electron chi connectivity index (χ3n) is 5.07. The zero-order valence-corrected chi connectivity index (χ0v) is 16.2. The molecule has 0 bridgehead atoms. The number of hydrogen-bond acceptors (Lipinski definition) is 5. The van der Waals surface area contributed by atoms with E-state index in [9.17, 15) is 19.7 Å². The van der Waals surface area contributed by atoms with Gasteiger partial charge in [-0.05, 0) is 30.3 Å². The van der Waals surface area contributed by atoms with Gasteiger partial charge in [0.1, 0.15) is 5.56 Å². The fourth-order valence-electron chi connectivity index (χ4n) is 3.64. The van der Waals surface area contributed by atoms with Crippen molar-refractivity contribution in [1.82, 2.24) is 9.88 Å². The molecular weight excluding hydrogens is 398 g/mol. The van der Waals surface area contributed by atoms with Gasteiger partial charge in [-0.25, -0.2) is 4.79 Å². The molecule has 4 rings (SSSR count). The van der Waals surface area contributed by atoms with Crippen LogP contribution in [0.1, 0.15) is 32.0 Å². The molecule has 0 saturated heterocycles. The van der Waals surface area contributed by atoms with Crippen LogP contribution in [-0.2, 0) is 17.7 Å². The highest BCUT2D eigenvalue weighted by atomic mass is 35.5. The van der Waals surface area contributed by atoms with Gasteiger partial charge in [0, 0.05) is 52.8 Å². The Morgan fingerprint density at radius 3 is 2.76 bits per heavy atom. The van der Waals surface area contributed by atoms with Gasteiger partial charge in [-0.1, -0.05) is 11.6 Å². The average molecular weight is 414 g/mol. The number of nitrogens with one attached hydrogen (secondary N) is 1. The topological polar surface area (TPSA) is 106 Å². The van der Waals surface area contributed by atoms with Crippen LogP contribution in [0.5, 0.6) is 0 Å². The van der Waals surface area contributed by atoms with Crippen LogP contribution in [0.2, 0.25) is 5.02 Å². The highest BCUT2D eigenvalue weighted by Gasteiger charge is 2.29. The summed E-state index contributed by atoms with van der Waals surface area (Å²) in [7, 11) is 1.32. The molecule has 29 heavy (non-hydrogen) atoms. The summed E-state index contributed by atoms with van der Waals surface area (Å²) in [5.41, 5.74) is 2.82. The number of aromatic amines is 1. The predicted molar refractivity (Wildman–Crippen MR) is 106 cm³/mol. The highest BCUT2D eigenvalue weighted by Crippen LogP contribution is 2.31. The summed E-state index contributed by atoms with van der Waals surface area (Å²) in [4.78, 5) is 40.5. The van der Waals surface area contributed by atoms with Gasteiger partial charge in [-0.2, -0.15) is 0 Å². The number of esters is 1. The Morgan fingerprint density at radius 2 is 2.03 bits per heavy atom. The molecule has 9 heteroatoms. The largest absolute Gasteiger partial charge is 0.465 e. The van der Waals surface area contributed by atoms with Crippen molar-refractivity contribution >= 4 is 40.1 Å². The Balaban J connectivity index is 1.70. The SMILES string of the molecule is COC(=O)c1ccc2[nH]c3c(c2c1)CN(C(=O)c1ccc(Cl)cc1[N+](=O)[O-])CC3. The van der Waals surface area contributed by atoms with Crippen LogP contribution in [0.25, 0.3) is 10.9 Å². The van der Waals surface area contributed by atoms with Crippen LogP contribution < -0.4 is 0 Å². The number of ether oxygens (including phenoxy) is 1. The first kappa shape index (κ1) is 18.9. The Bertz CT molecular complexity index is 1170. The van der Waals surface area contributed by atoms with Crippen LogP contribution in [0.15, 0.2) is 36.4 Å². The van der Waals surface area contributed by atoms with E-state index in [1.807, 2.05) is 0 Å². The maximum Gasteiger partial charge on any atom is 0.337 e. The van der Waals surface area contributed by atoms with Gasteiger partial charge < -0.3 is 14.6 Å². The van der Waals surface area contributed by atoms with Gasteiger partial charge in [0.25, 0.3) is 11.6 Å². The number of nitro groups is 1. The molecule has 1 amide bonds. The third kappa shape index (κ3) is 3.31. The second-order valence-corrected chi connectivity index (χ2v) is 7.17. The van der Waals surface area contributed by atoms with Gasteiger partial charge in [0.15, 0.2) is 0 Å². The number of carbonyl (C=O) groups excluding carboxylic acids is 2. The number of benzene rings is 2. The van der Waals surface area contributed by atoms with Gasteiger partial charge in [0.05, 0.1) is 17.6 Å². The van der Waals surface area contributed by atoms with E-state index in [0.717, 1.165) is 22.2 Å². The van der Waals surface area contributed by atoms with Gasteiger partial charge in [-0.3, -0.25) is 14.9 Å². The Kier molecular flexibility index (Phi) is 4.71. The number of amides is 1. The minimum absolute atomic E-state index is 0.00191. The van der Waals surface area contributed by atoms with Crippen LogP contribution in [0.3, 0.4) is 0 Å². The van der Waals surface area contributed by atoms with Crippen molar-refractivity contribution in [2.45, 2.75) is 13.0 Å². The van der Waals surface area contributed by atoms with Crippen molar-refractivity contribution in [2.24, 2.45) is 0 Å². The Labute approximate surface area is 170 Å². The summed E-state index contributed by atoms with van der Waals surface area (Å²) in [5, 5.41) is 12.4. The number of aromatic nitrogens is 1. The van der Waals surface area contributed by atoms with E-state index >= 15 is 0 Å². The lowest BCUT2D eigenvalue weighted by molar-refractivity contribution is -0.385. The first-order valence-electron chi connectivity index (χ1n) is 8.84. The first-order chi connectivity index (χ1) is 13.9. The normalized spacial score (nSPS) is 13.2. The number of halogens is 1. The molecule has 1 aromatic heterocycles. The molecule has 1 N–H and O–H groups in total. The summed E-state index contributed by atoms with van der Waals surface area (Å²) < 4.78 is 4.78. The quantitative estimate of drug-likeness (QED) is 0.400. The number of H-pyrrole nitrogens is 1. The van der Waals surface area contributed by atoms with Crippen molar-refractivity contribution < 1.29 is 19.2 Å². The summed E-state index contributed by atoms with van der Waals surface area (Å²) in [6.07, 6.45) is 0.574. The molecule has 0 atom stereocenters. The van der Waals surface area contributed by atoms with Crippen LogP contribution in [0.4, 0.5) is 5.69 Å². The minimum atomic E-state index is -0.608. The van der Waals surface area contributed by atoms with Gasteiger partial charge >= 0.3 is 5.97 Å². The number of nitro benzene ring substituents is 1. The fourth-order valence-corrected chi connectivity index (χ4v) is 3.81. The smallest absolute Gasteiger partial charge is 0.337 e. The van der Waals surface area contributed by atoms with Crippen LogP contribution >= 0.6 is 11.6 Å². The summed E-state index contributed by atoms with van der Waals surface area (Å²) >= 11 is 5.85. The van der Waals surface area contributed by atoms with Crippen molar-refractivity contribution in [3.63, 3.8) is 0 Å². The molecule has 2 heterocycles. The van der Waals surface area contributed by atoms with E-state index in [2.05, 4.69) is 4.98 Å². The minimum Gasteiger partial charge on any atom is -0.465 e. The molecule has 0 fully saturated rings. The highest BCUT2D eigenvalue weighted by molar-refractivity contribution is 6.31. The molecule has 0 radical (unpaired) electrons. The van der Waals surface area contributed by atoms with Crippen molar-refractivity contribution in [1.29, 1.82) is 0 Å². The van der Waals surface area contributed by atoms with Crippen molar-refractivity contribution in [3.05, 3.63) is 73.9 Å². The van der Waals surface area contributed by atoms with E-state index in [0.29, 0.717) is 18.5 Å². The van der Waals surface area contributed by atoms with E-state index in [4.69, 9.17) is 16.3 Å². The van der Waals surface area contributed by atoms with E-state index in [1.165, 1.54) is 25.3 Å². The Hall–Kier alpha value is -3.39. The maximum absolute atomic E-state index is 13.0. The molecule has 0 spiro atoms. The molecule has 8 nitrogen and oxygen atoms in total. The summed E-state index contributed by atoms with van der Waals surface area (Å²) in [6, 6.07) is 9.23. The van der Waals surface area contributed by atoms with Crippen molar-refractivity contribution in [3.8, 4) is 0 Å². The fraction of sp³-hybridized carbons (Fsp3) is 0.200. The number of rotatable bonds is 3. The number of fused-ring (bicyclic) bond motifs is 3. The van der Waals surface area contributed by atoms with E-state index < -0.39 is 16.8 Å². The molecule has 3 aromatic rings. The molecule has 0 aliphatic carbocycles. The second-order valence-electron chi connectivity index (χ2n) is 6.73. The van der Waals surface area contributed by atoms with E-state index in [1.54, 1.807) is 23.1 Å². The predicted octanol–water partition coefficient (Wildman–Crippen LogP) is 3.71. The van der Waals surface area contributed by atoms with Gasteiger partial charge in [-0.15, -0.1) is 0 Å². The zero-order chi connectivity index (χ0) is 20.7. The Morgan fingerprint density at radius 1 is 1.24 bits per heavy atom.